The highest BCUT2D eigenvalue weighted by Gasteiger charge is 2.32. The molecule has 9 heteroatoms. The van der Waals surface area contributed by atoms with Gasteiger partial charge in [-0.1, -0.05) is 29.4 Å². The zero-order valence-corrected chi connectivity index (χ0v) is 19.6. The number of halogens is 2. The molecule has 1 fully saturated rings. The number of carbonyl (C=O) groups excluding carboxylic acids is 2. The maximum atomic E-state index is 14.9. The van der Waals surface area contributed by atoms with Gasteiger partial charge in [0.1, 0.15) is 22.3 Å². The maximum absolute atomic E-state index is 14.9. The molecule has 0 saturated carbocycles. The van der Waals surface area contributed by atoms with Gasteiger partial charge in [0, 0.05) is 25.0 Å². The first kappa shape index (κ1) is 23.0. The van der Waals surface area contributed by atoms with Crippen LogP contribution in [-0.4, -0.2) is 36.4 Å². The van der Waals surface area contributed by atoms with Crippen molar-refractivity contribution in [2.75, 3.05) is 18.0 Å². The fraction of sp³-hybridized carbons (Fsp3) is 0.292. The van der Waals surface area contributed by atoms with Crippen LogP contribution in [0.4, 0.5) is 14.9 Å². The Morgan fingerprint density at radius 2 is 2.00 bits per heavy atom. The van der Waals surface area contributed by atoms with Crippen molar-refractivity contribution in [2.45, 2.75) is 32.3 Å². The van der Waals surface area contributed by atoms with E-state index in [1.807, 2.05) is 30.3 Å². The molecule has 172 valence electrons. The van der Waals surface area contributed by atoms with E-state index in [-0.39, 0.29) is 19.0 Å². The Morgan fingerprint density at radius 1 is 1.21 bits per heavy atom. The van der Waals surface area contributed by atoms with Gasteiger partial charge in [-0.15, -0.1) is 0 Å². The standard InChI is InChI=1S/C24H23BrFN3O4/c1-15(30)27-13-20-14-29(24(31)32-20)18-9-10-21(22(26)11-18)17-7-5-16(6-8-17)3-2-4-19-12-23(25)28-33-19/h5-12,20H,2-4,13-14H2,1H3,(H,27,30)/t20-/m0/s1. The quantitative estimate of drug-likeness (QED) is 0.462. The second-order valence-electron chi connectivity index (χ2n) is 7.88. The highest BCUT2D eigenvalue weighted by atomic mass is 79.9. The van der Waals surface area contributed by atoms with Crippen LogP contribution in [0.1, 0.15) is 24.7 Å². The van der Waals surface area contributed by atoms with Crippen molar-refractivity contribution >= 4 is 33.6 Å². The number of anilines is 1. The van der Waals surface area contributed by atoms with E-state index in [0.29, 0.717) is 15.9 Å². The Labute approximate surface area is 199 Å². The van der Waals surface area contributed by atoms with Gasteiger partial charge in [0.15, 0.2) is 0 Å². The van der Waals surface area contributed by atoms with E-state index in [9.17, 15) is 14.0 Å². The molecule has 2 aromatic carbocycles. The number of cyclic esters (lactones) is 1. The van der Waals surface area contributed by atoms with Gasteiger partial charge < -0.3 is 14.6 Å². The molecule has 0 bridgehead atoms. The lowest BCUT2D eigenvalue weighted by Gasteiger charge is -2.14. The maximum Gasteiger partial charge on any atom is 0.414 e. The third kappa shape index (κ3) is 5.78. The third-order valence-electron chi connectivity index (χ3n) is 5.40. The number of nitrogens with zero attached hydrogens (tertiary/aromatic N) is 2. The number of aryl methyl sites for hydroxylation is 2. The first-order chi connectivity index (χ1) is 15.9. The Bertz CT molecular complexity index is 1150. The summed E-state index contributed by atoms with van der Waals surface area (Å²) < 4.78 is 26.0. The number of rotatable bonds is 8. The van der Waals surface area contributed by atoms with Crippen LogP contribution in [0.2, 0.25) is 0 Å². The molecule has 1 atom stereocenters. The van der Waals surface area contributed by atoms with E-state index in [4.69, 9.17) is 9.26 Å². The number of hydrogen-bond acceptors (Lipinski definition) is 5. The third-order valence-corrected chi connectivity index (χ3v) is 5.77. The van der Waals surface area contributed by atoms with Gasteiger partial charge in [-0.25, -0.2) is 9.18 Å². The molecule has 0 radical (unpaired) electrons. The lowest BCUT2D eigenvalue weighted by atomic mass is 10.0. The second-order valence-corrected chi connectivity index (χ2v) is 8.70. The summed E-state index contributed by atoms with van der Waals surface area (Å²) in [5, 5.41) is 6.43. The SMILES string of the molecule is CC(=O)NC[C@H]1CN(c2ccc(-c3ccc(CCCc4cc(Br)no4)cc3)c(F)c2)C(=O)O1. The van der Waals surface area contributed by atoms with E-state index in [2.05, 4.69) is 26.4 Å². The summed E-state index contributed by atoms with van der Waals surface area (Å²) >= 11 is 3.27. The van der Waals surface area contributed by atoms with E-state index in [1.165, 1.54) is 17.9 Å². The topological polar surface area (TPSA) is 84.7 Å². The molecule has 1 aliphatic heterocycles. The molecular formula is C24H23BrFN3O4. The van der Waals surface area contributed by atoms with E-state index < -0.39 is 18.0 Å². The largest absolute Gasteiger partial charge is 0.442 e. The molecule has 0 unspecified atom stereocenters. The number of carbonyl (C=O) groups is 2. The summed E-state index contributed by atoms with van der Waals surface area (Å²) in [4.78, 5) is 24.6. The lowest BCUT2D eigenvalue weighted by Crippen LogP contribution is -2.33. The van der Waals surface area contributed by atoms with E-state index in [0.717, 1.165) is 36.1 Å². The number of hydrogen-bond donors (Lipinski definition) is 1. The zero-order valence-electron chi connectivity index (χ0n) is 18.0. The fourth-order valence-electron chi connectivity index (χ4n) is 3.73. The van der Waals surface area contributed by atoms with Gasteiger partial charge in [-0.05, 0) is 58.1 Å². The molecular weight excluding hydrogens is 493 g/mol. The normalized spacial score (nSPS) is 15.5. The monoisotopic (exact) mass is 515 g/mol. The molecule has 7 nitrogen and oxygen atoms in total. The number of amides is 2. The van der Waals surface area contributed by atoms with Crippen molar-refractivity contribution in [3.05, 3.63) is 70.3 Å². The molecule has 0 spiro atoms. The highest BCUT2D eigenvalue weighted by Crippen LogP contribution is 2.29. The van der Waals surface area contributed by atoms with Crippen LogP contribution in [0, 0.1) is 5.82 Å². The number of aromatic nitrogens is 1. The molecule has 1 aromatic heterocycles. The lowest BCUT2D eigenvalue weighted by molar-refractivity contribution is -0.119. The molecule has 3 aromatic rings. The summed E-state index contributed by atoms with van der Waals surface area (Å²) in [5.74, 6) is 0.215. The van der Waals surface area contributed by atoms with Crippen LogP contribution in [0.15, 0.2) is 57.7 Å². The summed E-state index contributed by atoms with van der Waals surface area (Å²) in [5.41, 5.74) is 2.79. The van der Waals surface area contributed by atoms with Gasteiger partial charge in [-0.2, -0.15) is 0 Å². The molecule has 1 aliphatic rings. The summed E-state index contributed by atoms with van der Waals surface area (Å²) in [6, 6.07) is 14.3. The smallest absolute Gasteiger partial charge is 0.414 e. The molecule has 2 heterocycles. The first-order valence-corrected chi connectivity index (χ1v) is 11.4. The van der Waals surface area contributed by atoms with Gasteiger partial charge >= 0.3 is 6.09 Å². The first-order valence-electron chi connectivity index (χ1n) is 10.6. The number of ether oxygens (including phenoxy) is 1. The van der Waals surface area contributed by atoms with Crippen molar-refractivity contribution in [2.24, 2.45) is 0 Å². The predicted octanol–water partition coefficient (Wildman–Crippen LogP) is 4.88. The zero-order chi connectivity index (χ0) is 23.4. The van der Waals surface area contributed by atoms with Crippen molar-refractivity contribution in [3.8, 4) is 11.1 Å². The molecule has 4 rings (SSSR count). The average molecular weight is 516 g/mol. The summed E-state index contributed by atoms with van der Waals surface area (Å²) in [7, 11) is 0. The van der Waals surface area contributed by atoms with Crippen LogP contribution in [0.25, 0.3) is 11.1 Å². The van der Waals surface area contributed by atoms with Crippen molar-refractivity contribution in [1.29, 1.82) is 0 Å². The Kier molecular flexibility index (Phi) is 7.08. The summed E-state index contributed by atoms with van der Waals surface area (Å²) in [6.45, 7) is 1.87. The Balaban J connectivity index is 1.37. The number of nitrogens with one attached hydrogen (secondary N) is 1. The molecule has 33 heavy (non-hydrogen) atoms. The molecule has 2 amide bonds. The predicted molar refractivity (Wildman–Crippen MR) is 124 cm³/mol. The average Bonchev–Trinajstić information content (AvgIpc) is 3.38. The minimum atomic E-state index is -0.556. The van der Waals surface area contributed by atoms with Crippen LogP contribution >= 0.6 is 15.9 Å². The Hall–Kier alpha value is -3.20. The van der Waals surface area contributed by atoms with Gasteiger partial charge in [0.2, 0.25) is 5.91 Å². The molecule has 0 aliphatic carbocycles. The second kappa shape index (κ2) is 10.2. The highest BCUT2D eigenvalue weighted by molar-refractivity contribution is 9.10. The van der Waals surface area contributed by atoms with Crippen molar-refractivity contribution < 1.29 is 23.2 Å². The number of benzene rings is 2. The van der Waals surface area contributed by atoms with Gasteiger partial charge in [0.05, 0.1) is 18.8 Å². The van der Waals surface area contributed by atoms with Gasteiger partial charge in [-0.3, -0.25) is 9.69 Å². The minimum Gasteiger partial charge on any atom is -0.442 e. The summed E-state index contributed by atoms with van der Waals surface area (Å²) in [6.07, 6.45) is 1.55. The van der Waals surface area contributed by atoms with E-state index >= 15 is 0 Å². The minimum absolute atomic E-state index is 0.200. The fourth-order valence-corrected chi connectivity index (χ4v) is 4.05. The molecule has 1 saturated heterocycles. The molecule has 1 N–H and O–H groups in total. The Morgan fingerprint density at radius 3 is 2.67 bits per heavy atom. The van der Waals surface area contributed by atoms with E-state index in [1.54, 1.807) is 12.1 Å². The van der Waals surface area contributed by atoms with Crippen LogP contribution in [-0.2, 0) is 22.4 Å². The van der Waals surface area contributed by atoms with Gasteiger partial charge in [0.25, 0.3) is 0 Å². The van der Waals surface area contributed by atoms with Crippen molar-refractivity contribution in [1.82, 2.24) is 10.5 Å². The van der Waals surface area contributed by atoms with Crippen molar-refractivity contribution in [3.63, 3.8) is 0 Å². The van der Waals surface area contributed by atoms with Crippen LogP contribution in [0.5, 0.6) is 0 Å². The van der Waals surface area contributed by atoms with Crippen LogP contribution in [0.3, 0.4) is 0 Å². The van der Waals surface area contributed by atoms with Crippen LogP contribution < -0.4 is 10.2 Å².